The highest BCUT2D eigenvalue weighted by Crippen LogP contribution is 2.63. The van der Waals surface area contributed by atoms with Crippen LogP contribution in [-0.4, -0.2) is 25.2 Å². The maximum atomic E-state index is 3.44. The molecule has 0 bridgehead atoms. The van der Waals surface area contributed by atoms with E-state index in [1.165, 1.54) is 13.1 Å². The number of rotatable bonds is 2. The summed E-state index contributed by atoms with van der Waals surface area (Å²) in [4.78, 5) is 0. The van der Waals surface area contributed by atoms with Crippen molar-refractivity contribution in [3.05, 3.63) is 0 Å². The van der Waals surface area contributed by atoms with E-state index in [9.17, 15) is 0 Å². The van der Waals surface area contributed by atoms with Crippen LogP contribution < -0.4 is 10.6 Å². The third-order valence-corrected chi connectivity index (χ3v) is 3.74. The van der Waals surface area contributed by atoms with E-state index in [2.05, 4.69) is 24.5 Å². The Morgan fingerprint density at radius 3 is 1.64 bits per heavy atom. The third kappa shape index (κ3) is 0.798. The van der Waals surface area contributed by atoms with Crippen molar-refractivity contribution in [2.75, 3.05) is 13.1 Å². The van der Waals surface area contributed by atoms with E-state index in [0.717, 1.165) is 23.9 Å². The van der Waals surface area contributed by atoms with E-state index in [1.807, 2.05) is 0 Å². The molecule has 0 aromatic heterocycles. The molecule has 3 rings (SSSR count). The number of nitrogens with one attached hydrogen (secondary N) is 2. The lowest BCUT2D eigenvalue weighted by molar-refractivity contribution is 0.529. The van der Waals surface area contributed by atoms with Gasteiger partial charge in [-0.15, -0.1) is 0 Å². The van der Waals surface area contributed by atoms with E-state index in [-0.39, 0.29) is 0 Å². The topological polar surface area (TPSA) is 43.9 Å². The molecule has 4 unspecified atom stereocenters. The monoisotopic (exact) mass is 152 g/mol. The van der Waals surface area contributed by atoms with Gasteiger partial charge < -0.3 is 10.6 Å². The van der Waals surface area contributed by atoms with E-state index in [1.54, 1.807) is 0 Å². The van der Waals surface area contributed by atoms with Crippen molar-refractivity contribution >= 4 is 0 Å². The van der Waals surface area contributed by atoms with Crippen molar-refractivity contribution in [1.82, 2.24) is 10.6 Å². The van der Waals surface area contributed by atoms with Gasteiger partial charge in [-0.25, -0.2) is 0 Å². The molecule has 62 valence electrons. The molecule has 2 aliphatic heterocycles. The van der Waals surface area contributed by atoms with Crippen LogP contribution >= 0.6 is 0 Å². The molecule has 2 N–H and O–H groups in total. The van der Waals surface area contributed by atoms with Crippen molar-refractivity contribution in [2.45, 2.75) is 25.9 Å². The minimum Gasteiger partial charge on any atom is -0.311 e. The van der Waals surface area contributed by atoms with Crippen molar-refractivity contribution in [1.29, 1.82) is 0 Å². The highest BCUT2D eigenvalue weighted by Gasteiger charge is 2.67. The van der Waals surface area contributed by atoms with Gasteiger partial charge in [-0.1, -0.05) is 13.8 Å². The van der Waals surface area contributed by atoms with E-state index in [0.29, 0.717) is 5.41 Å². The van der Waals surface area contributed by atoms with Gasteiger partial charge in [-0.2, -0.15) is 0 Å². The quantitative estimate of drug-likeness (QED) is 0.555. The SMILES string of the molecule is CC1(C)C(C2CN2)C1C1CN1. The van der Waals surface area contributed by atoms with Crippen molar-refractivity contribution in [3.63, 3.8) is 0 Å². The highest BCUT2D eigenvalue weighted by atomic mass is 15.2. The minimum absolute atomic E-state index is 0.627. The average Bonchev–Trinajstić information content (AvgIpc) is 2.60. The van der Waals surface area contributed by atoms with Gasteiger partial charge in [0.1, 0.15) is 0 Å². The van der Waals surface area contributed by atoms with Crippen LogP contribution in [0.3, 0.4) is 0 Å². The van der Waals surface area contributed by atoms with E-state index in [4.69, 9.17) is 0 Å². The summed E-state index contributed by atoms with van der Waals surface area (Å²) in [5.74, 6) is 1.95. The van der Waals surface area contributed by atoms with E-state index < -0.39 is 0 Å². The van der Waals surface area contributed by atoms with Gasteiger partial charge in [0.05, 0.1) is 0 Å². The summed E-state index contributed by atoms with van der Waals surface area (Å²) in [6, 6.07) is 1.75. The summed E-state index contributed by atoms with van der Waals surface area (Å²) < 4.78 is 0. The summed E-state index contributed by atoms with van der Waals surface area (Å²) in [7, 11) is 0. The molecule has 0 aromatic carbocycles. The number of hydrogen-bond acceptors (Lipinski definition) is 2. The highest BCUT2D eigenvalue weighted by molar-refractivity contribution is 5.20. The first kappa shape index (κ1) is 6.44. The van der Waals surface area contributed by atoms with Crippen LogP contribution in [0.15, 0.2) is 0 Å². The lowest BCUT2D eigenvalue weighted by Gasteiger charge is -1.98. The zero-order valence-corrected chi connectivity index (χ0v) is 7.22. The van der Waals surface area contributed by atoms with Crippen LogP contribution in [0.5, 0.6) is 0 Å². The molecule has 0 spiro atoms. The molecule has 2 heterocycles. The van der Waals surface area contributed by atoms with Gasteiger partial charge in [0.25, 0.3) is 0 Å². The molecular formula is C9H16N2. The Kier molecular flexibility index (Phi) is 0.961. The Hall–Kier alpha value is -0.0800. The second kappa shape index (κ2) is 1.64. The largest absolute Gasteiger partial charge is 0.311 e. The molecule has 2 heteroatoms. The summed E-state index contributed by atoms with van der Waals surface area (Å²) in [6.07, 6.45) is 0. The zero-order chi connectivity index (χ0) is 7.64. The van der Waals surface area contributed by atoms with Crippen molar-refractivity contribution in [2.24, 2.45) is 17.3 Å². The first-order chi connectivity index (χ1) is 5.21. The summed E-state index contributed by atoms with van der Waals surface area (Å²) in [5, 5.41) is 6.87. The average molecular weight is 152 g/mol. The fourth-order valence-electron chi connectivity index (χ4n) is 2.90. The maximum absolute atomic E-state index is 3.44. The molecule has 1 saturated carbocycles. The first-order valence-electron chi connectivity index (χ1n) is 4.68. The predicted octanol–water partition coefficient (Wildman–Crippen LogP) is 0.202. The molecule has 2 nitrogen and oxygen atoms in total. The normalized spacial score (nSPS) is 57.3. The lowest BCUT2D eigenvalue weighted by Crippen LogP contribution is -2.01. The molecule has 4 atom stereocenters. The smallest absolute Gasteiger partial charge is 0.0230 e. The van der Waals surface area contributed by atoms with Crippen LogP contribution in [0.4, 0.5) is 0 Å². The molecule has 0 aromatic rings. The Morgan fingerprint density at radius 1 is 1.00 bits per heavy atom. The number of hydrogen-bond donors (Lipinski definition) is 2. The predicted molar refractivity (Wildman–Crippen MR) is 44.3 cm³/mol. The molecule has 0 amide bonds. The summed E-state index contributed by atoms with van der Waals surface area (Å²) >= 11 is 0. The summed E-state index contributed by atoms with van der Waals surface area (Å²) in [6.45, 7) is 7.39. The van der Waals surface area contributed by atoms with Gasteiger partial charge in [0, 0.05) is 25.2 Å². The molecule has 2 saturated heterocycles. The van der Waals surface area contributed by atoms with Crippen molar-refractivity contribution in [3.8, 4) is 0 Å². The third-order valence-electron chi connectivity index (χ3n) is 3.74. The van der Waals surface area contributed by atoms with Gasteiger partial charge in [0.2, 0.25) is 0 Å². The van der Waals surface area contributed by atoms with Crippen LogP contribution in [0, 0.1) is 17.3 Å². The maximum Gasteiger partial charge on any atom is 0.0230 e. The minimum atomic E-state index is 0.627. The van der Waals surface area contributed by atoms with Gasteiger partial charge in [-0.05, 0) is 17.3 Å². The van der Waals surface area contributed by atoms with Crippen LogP contribution in [0.1, 0.15) is 13.8 Å². The molecule has 3 fully saturated rings. The molecule has 3 aliphatic rings. The fourth-order valence-corrected chi connectivity index (χ4v) is 2.90. The Balaban J connectivity index is 1.75. The fraction of sp³-hybridized carbons (Fsp3) is 1.00. The first-order valence-corrected chi connectivity index (χ1v) is 4.68. The van der Waals surface area contributed by atoms with E-state index >= 15 is 0 Å². The van der Waals surface area contributed by atoms with Gasteiger partial charge in [0.15, 0.2) is 0 Å². The second-order valence-corrected chi connectivity index (χ2v) is 4.90. The molecule has 1 aliphatic carbocycles. The Labute approximate surface area is 67.7 Å². The zero-order valence-electron chi connectivity index (χ0n) is 7.22. The van der Waals surface area contributed by atoms with Gasteiger partial charge >= 0.3 is 0 Å². The molecular weight excluding hydrogens is 136 g/mol. The molecule has 11 heavy (non-hydrogen) atoms. The van der Waals surface area contributed by atoms with Crippen molar-refractivity contribution < 1.29 is 0 Å². The second-order valence-electron chi connectivity index (χ2n) is 4.90. The van der Waals surface area contributed by atoms with Crippen LogP contribution in [0.25, 0.3) is 0 Å². The lowest BCUT2D eigenvalue weighted by atomic mass is 10.1. The van der Waals surface area contributed by atoms with Crippen LogP contribution in [-0.2, 0) is 0 Å². The summed E-state index contributed by atoms with van der Waals surface area (Å²) in [5.41, 5.74) is 0.627. The Bertz CT molecular complexity index is 172. The Morgan fingerprint density at radius 2 is 1.36 bits per heavy atom. The van der Waals surface area contributed by atoms with Gasteiger partial charge in [-0.3, -0.25) is 0 Å². The standard InChI is InChI=1S/C9H16N2/c1-9(2)7(5-3-10-5)8(9)6-4-11-6/h5-8,10-11H,3-4H2,1-2H3. The molecule has 0 radical (unpaired) electrons. The van der Waals surface area contributed by atoms with Crippen LogP contribution in [0.2, 0.25) is 0 Å².